The van der Waals surface area contributed by atoms with E-state index in [0.29, 0.717) is 15.5 Å². The van der Waals surface area contributed by atoms with Gasteiger partial charge in [0.1, 0.15) is 5.82 Å². The molecule has 24 heavy (non-hydrogen) atoms. The minimum absolute atomic E-state index is 0.102. The van der Waals surface area contributed by atoms with Crippen molar-refractivity contribution < 1.29 is 9.18 Å². The van der Waals surface area contributed by atoms with Gasteiger partial charge in [-0.3, -0.25) is 5.32 Å². The molecule has 3 rings (SSSR count). The van der Waals surface area contributed by atoms with E-state index in [1.807, 2.05) is 0 Å². The molecular weight excluding hydrogens is 397 g/mol. The Balaban J connectivity index is 1.60. The normalized spacial score (nSPS) is 17.6. The third-order valence-corrected chi connectivity index (χ3v) is 5.13. The second kappa shape index (κ2) is 7.43. The number of halogens is 2. The summed E-state index contributed by atoms with van der Waals surface area (Å²) in [5.41, 5.74) is 0.102. The maximum absolute atomic E-state index is 13.7. The van der Waals surface area contributed by atoms with Crippen LogP contribution < -0.4 is 15.5 Å². The molecule has 1 fully saturated rings. The first-order valence-corrected chi connectivity index (χ1v) is 9.23. The van der Waals surface area contributed by atoms with Gasteiger partial charge in [0.15, 0.2) is 0 Å². The molecule has 1 saturated heterocycles. The fourth-order valence-corrected chi connectivity index (χ4v) is 3.71. The van der Waals surface area contributed by atoms with Crippen LogP contribution >= 0.6 is 27.3 Å². The Morgan fingerprint density at radius 2 is 2.25 bits per heavy atom. The van der Waals surface area contributed by atoms with Crippen LogP contribution in [0.3, 0.4) is 0 Å². The largest absolute Gasteiger partial charge is 0.346 e. The molecule has 1 aromatic carbocycles. The van der Waals surface area contributed by atoms with Crippen molar-refractivity contribution in [3.05, 3.63) is 28.5 Å². The van der Waals surface area contributed by atoms with Crippen LogP contribution in [-0.2, 0) is 0 Å². The van der Waals surface area contributed by atoms with E-state index in [9.17, 15) is 9.18 Å². The van der Waals surface area contributed by atoms with Crippen molar-refractivity contribution in [2.45, 2.75) is 19.8 Å². The molecule has 2 aromatic rings. The summed E-state index contributed by atoms with van der Waals surface area (Å²) in [6.45, 7) is 4.12. The zero-order valence-electron chi connectivity index (χ0n) is 13.1. The van der Waals surface area contributed by atoms with Gasteiger partial charge in [0, 0.05) is 17.6 Å². The third kappa shape index (κ3) is 4.21. The van der Waals surface area contributed by atoms with Gasteiger partial charge in [-0.25, -0.2) is 9.18 Å². The van der Waals surface area contributed by atoms with E-state index < -0.39 is 11.8 Å². The molecule has 6 nitrogen and oxygen atoms in total. The number of hydrogen-bond acceptors (Lipinski definition) is 5. The van der Waals surface area contributed by atoms with Crippen molar-refractivity contribution in [3.63, 3.8) is 0 Å². The standard InChI is InChI=1S/C15H17BrFN5OS/c1-9-3-2-6-22(8-9)15-21-20-14(24-15)19-13(23)18-12-5-4-10(16)7-11(12)17/h4-5,7,9H,2-3,6,8H2,1H3,(H2,18,19,20,23). The number of piperidine rings is 1. The molecule has 0 aliphatic carbocycles. The van der Waals surface area contributed by atoms with Crippen LogP contribution in [0.4, 0.5) is 25.1 Å². The number of carbonyl (C=O) groups is 1. The van der Waals surface area contributed by atoms with Gasteiger partial charge >= 0.3 is 6.03 Å². The SMILES string of the molecule is CC1CCCN(c2nnc(NC(=O)Nc3ccc(Br)cc3F)s2)C1. The zero-order valence-corrected chi connectivity index (χ0v) is 15.5. The summed E-state index contributed by atoms with van der Waals surface area (Å²) in [5, 5.41) is 14.4. The zero-order chi connectivity index (χ0) is 17.1. The number of nitrogens with zero attached hydrogens (tertiary/aromatic N) is 3. The number of hydrogen-bond donors (Lipinski definition) is 2. The van der Waals surface area contributed by atoms with Crippen LogP contribution in [0, 0.1) is 11.7 Å². The Hall–Kier alpha value is -1.74. The number of aromatic nitrogens is 2. The minimum Gasteiger partial charge on any atom is -0.346 e. The summed E-state index contributed by atoms with van der Waals surface area (Å²) in [6, 6.07) is 3.88. The molecule has 0 radical (unpaired) electrons. The predicted molar refractivity (Wildman–Crippen MR) is 97.3 cm³/mol. The van der Waals surface area contributed by atoms with Crippen LogP contribution in [0.5, 0.6) is 0 Å². The van der Waals surface area contributed by atoms with Crippen LogP contribution in [-0.4, -0.2) is 29.3 Å². The van der Waals surface area contributed by atoms with Gasteiger partial charge in [-0.1, -0.05) is 34.2 Å². The number of carbonyl (C=O) groups excluding carboxylic acids is 1. The smallest absolute Gasteiger partial charge is 0.325 e. The first kappa shape index (κ1) is 17.1. The Kier molecular flexibility index (Phi) is 5.30. The van der Waals surface area contributed by atoms with Gasteiger partial charge in [-0.2, -0.15) is 0 Å². The second-order valence-electron chi connectivity index (χ2n) is 5.79. The van der Waals surface area contributed by atoms with E-state index in [1.165, 1.54) is 29.9 Å². The first-order chi connectivity index (χ1) is 11.5. The lowest BCUT2D eigenvalue weighted by molar-refractivity contribution is 0.262. The van der Waals surface area contributed by atoms with E-state index >= 15 is 0 Å². The summed E-state index contributed by atoms with van der Waals surface area (Å²) in [4.78, 5) is 14.2. The van der Waals surface area contributed by atoms with Crippen molar-refractivity contribution >= 4 is 49.2 Å². The Labute approximate surface area is 151 Å². The van der Waals surface area contributed by atoms with Crippen LogP contribution in [0.1, 0.15) is 19.8 Å². The van der Waals surface area contributed by atoms with Crippen molar-refractivity contribution in [3.8, 4) is 0 Å². The lowest BCUT2D eigenvalue weighted by Gasteiger charge is -2.29. The van der Waals surface area contributed by atoms with Crippen molar-refractivity contribution in [2.24, 2.45) is 5.92 Å². The summed E-state index contributed by atoms with van der Waals surface area (Å²) >= 11 is 4.49. The molecule has 1 aliphatic heterocycles. The highest BCUT2D eigenvalue weighted by molar-refractivity contribution is 9.10. The van der Waals surface area contributed by atoms with Gasteiger partial charge < -0.3 is 10.2 Å². The quantitative estimate of drug-likeness (QED) is 0.785. The third-order valence-electron chi connectivity index (χ3n) is 3.74. The van der Waals surface area contributed by atoms with Crippen LogP contribution in [0.2, 0.25) is 0 Å². The number of rotatable bonds is 3. The molecular formula is C15H17BrFN5OS. The molecule has 1 aromatic heterocycles. The van der Waals surface area contributed by atoms with E-state index in [-0.39, 0.29) is 5.69 Å². The highest BCUT2D eigenvalue weighted by Gasteiger charge is 2.20. The Bertz CT molecular complexity index is 740. The summed E-state index contributed by atoms with van der Waals surface area (Å²) in [6.07, 6.45) is 2.36. The van der Waals surface area contributed by atoms with Crippen LogP contribution in [0.25, 0.3) is 0 Å². The number of nitrogens with one attached hydrogen (secondary N) is 2. The topological polar surface area (TPSA) is 70.2 Å². The average Bonchev–Trinajstić information content (AvgIpc) is 2.98. The van der Waals surface area contributed by atoms with Crippen molar-refractivity contribution in [1.82, 2.24) is 10.2 Å². The Morgan fingerprint density at radius 3 is 3.00 bits per heavy atom. The fraction of sp³-hybridized carbons (Fsp3) is 0.400. The van der Waals surface area contributed by atoms with Gasteiger partial charge in [-0.05, 0) is 37.0 Å². The average molecular weight is 414 g/mol. The molecule has 2 N–H and O–H groups in total. The van der Waals surface area contributed by atoms with Gasteiger partial charge in [0.25, 0.3) is 0 Å². The van der Waals surface area contributed by atoms with E-state index in [4.69, 9.17) is 0 Å². The fourth-order valence-electron chi connectivity index (χ4n) is 2.60. The van der Waals surface area contributed by atoms with Crippen LogP contribution in [0.15, 0.2) is 22.7 Å². The summed E-state index contributed by atoms with van der Waals surface area (Å²) < 4.78 is 14.3. The predicted octanol–water partition coefficient (Wildman–Crippen LogP) is 4.32. The van der Waals surface area contributed by atoms with E-state index in [2.05, 4.69) is 48.6 Å². The van der Waals surface area contributed by atoms with Crippen molar-refractivity contribution in [2.75, 3.05) is 28.6 Å². The lowest BCUT2D eigenvalue weighted by atomic mass is 10.0. The highest BCUT2D eigenvalue weighted by atomic mass is 79.9. The van der Waals surface area contributed by atoms with Gasteiger partial charge in [0.2, 0.25) is 10.3 Å². The monoisotopic (exact) mass is 413 g/mol. The Morgan fingerprint density at radius 1 is 1.42 bits per heavy atom. The summed E-state index contributed by atoms with van der Waals surface area (Å²) in [7, 11) is 0. The molecule has 128 valence electrons. The van der Waals surface area contributed by atoms with Crippen molar-refractivity contribution in [1.29, 1.82) is 0 Å². The van der Waals surface area contributed by atoms with E-state index in [0.717, 1.165) is 24.6 Å². The second-order valence-corrected chi connectivity index (χ2v) is 7.66. The minimum atomic E-state index is -0.550. The molecule has 1 atom stereocenters. The first-order valence-electron chi connectivity index (χ1n) is 7.63. The molecule has 0 spiro atoms. The molecule has 0 saturated carbocycles. The van der Waals surface area contributed by atoms with Gasteiger partial charge in [0.05, 0.1) is 5.69 Å². The van der Waals surface area contributed by atoms with Gasteiger partial charge in [-0.15, -0.1) is 10.2 Å². The summed E-state index contributed by atoms with van der Waals surface area (Å²) in [5.74, 6) is 0.113. The number of benzene rings is 1. The molecule has 0 bridgehead atoms. The number of amides is 2. The molecule has 1 unspecified atom stereocenters. The van der Waals surface area contributed by atoms with E-state index in [1.54, 1.807) is 6.07 Å². The molecule has 9 heteroatoms. The maximum atomic E-state index is 13.7. The molecule has 1 aliphatic rings. The molecule has 2 amide bonds. The highest BCUT2D eigenvalue weighted by Crippen LogP contribution is 2.28. The number of anilines is 3. The molecule has 2 heterocycles. The lowest BCUT2D eigenvalue weighted by Crippen LogP contribution is -2.34. The number of urea groups is 1. The maximum Gasteiger partial charge on any atom is 0.325 e.